The van der Waals surface area contributed by atoms with Gasteiger partial charge in [-0.15, -0.1) is 0 Å². The summed E-state index contributed by atoms with van der Waals surface area (Å²) in [4.78, 5) is 10.2. The van der Waals surface area contributed by atoms with Gasteiger partial charge >= 0.3 is 12.1 Å². The quantitative estimate of drug-likeness (QED) is 0.453. The third kappa shape index (κ3) is 5.68. The third-order valence-corrected chi connectivity index (χ3v) is 7.23. The van der Waals surface area contributed by atoms with Gasteiger partial charge in [0.25, 0.3) is 0 Å². The summed E-state index contributed by atoms with van der Waals surface area (Å²) >= 11 is 0. The number of carboxylic acid groups (broad SMARTS) is 1. The number of para-hydroxylation sites is 1. The van der Waals surface area contributed by atoms with Crippen molar-refractivity contribution in [3.8, 4) is 5.75 Å². The van der Waals surface area contributed by atoms with Gasteiger partial charge in [0.1, 0.15) is 12.2 Å². The average Bonchev–Trinajstić information content (AvgIpc) is 3.22. The van der Waals surface area contributed by atoms with E-state index in [1.807, 2.05) is 0 Å². The van der Waals surface area contributed by atoms with E-state index in [1.54, 1.807) is 31.2 Å². The summed E-state index contributed by atoms with van der Waals surface area (Å²) in [5.41, 5.74) is -0.168. The maximum Gasteiger partial charge on any atom is 0.417 e. The zero-order valence-electron chi connectivity index (χ0n) is 18.3. The molecular formula is C22H25F3N3O5S+. The summed E-state index contributed by atoms with van der Waals surface area (Å²) < 4.78 is 73.3. The molecule has 0 aromatic heterocycles. The number of nitrogens with one attached hydrogen (secondary N) is 1. The molecule has 0 saturated carbocycles. The van der Waals surface area contributed by atoms with E-state index in [0.29, 0.717) is 23.7 Å². The monoisotopic (exact) mass is 500 g/mol. The standard InChI is InChI=1S/C22H24F3N3O5S/c1-2-33-15-7-8-20(17(11-15)22(23,24)25)34(31,32)28-10-9-14(13-28)27-19-6-4-3-5-16(19)18(26)12-21(29)30/h3-8,11,14,26-27H,2,9-10,12-13H2,1H3,(H,29,30)/p+1. The van der Waals surface area contributed by atoms with Crippen LogP contribution in [0.25, 0.3) is 0 Å². The van der Waals surface area contributed by atoms with Crippen LogP contribution in [0.4, 0.5) is 18.9 Å². The Morgan fingerprint density at radius 1 is 1.26 bits per heavy atom. The molecule has 1 unspecified atom stereocenters. The molecule has 1 atom stereocenters. The predicted octanol–water partition coefficient (Wildman–Crippen LogP) is 2.00. The van der Waals surface area contributed by atoms with E-state index < -0.39 is 38.7 Å². The fraction of sp³-hybridized carbons (Fsp3) is 0.364. The number of carbonyl (C=O) groups is 1. The van der Waals surface area contributed by atoms with Gasteiger partial charge in [0.05, 0.1) is 22.6 Å². The number of hydrogen-bond acceptors (Lipinski definition) is 5. The average molecular weight is 501 g/mol. The molecule has 4 N–H and O–H groups in total. The first kappa shape index (κ1) is 25.5. The number of halogens is 3. The number of nitrogens with two attached hydrogens (primary N) is 1. The summed E-state index contributed by atoms with van der Waals surface area (Å²) in [5, 5.41) is 18.1. The van der Waals surface area contributed by atoms with Gasteiger partial charge in [-0.3, -0.25) is 10.2 Å². The van der Waals surface area contributed by atoms with Crippen molar-refractivity contribution >= 4 is 27.4 Å². The summed E-state index contributed by atoms with van der Waals surface area (Å²) in [7, 11) is -4.44. The van der Waals surface area contributed by atoms with Crippen LogP contribution in [0.15, 0.2) is 47.4 Å². The first-order chi connectivity index (χ1) is 15.9. The van der Waals surface area contributed by atoms with Gasteiger partial charge in [0.15, 0.2) is 5.71 Å². The lowest BCUT2D eigenvalue weighted by Crippen LogP contribution is -2.42. The molecule has 8 nitrogen and oxygen atoms in total. The van der Waals surface area contributed by atoms with Gasteiger partial charge in [-0.1, -0.05) is 12.1 Å². The number of carboxylic acids is 1. The maximum atomic E-state index is 13.7. The zero-order chi connectivity index (χ0) is 25.1. The highest BCUT2D eigenvalue weighted by atomic mass is 32.2. The molecule has 0 radical (unpaired) electrons. The fourth-order valence-corrected chi connectivity index (χ4v) is 5.48. The van der Waals surface area contributed by atoms with E-state index in [9.17, 15) is 26.4 Å². The maximum absolute atomic E-state index is 13.7. The van der Waals surface area contributed by atoms with Crippen LogP contribution in [0.3, 0.4) is 0 Å². The number of alkyl halides is 3. The first-order valence-electron chi connectivity index (χ1n) is 10.5. The molecule has 2 aromatic carbocycles. The molecule has 0 aliphatic carbocycles. The lowest BCUT2D eigenvalue weighted by atomic mass is 10.0. The Kier molecular flexibility index (Phi) is 7.51. The van der Waals surface area contributed by atoms with Crippen molar-refractivity contribution in [1.82, 2.24) is 4.31 Å². The number of sulfonamides is 1. The SMILES string of the molecule is CCOc1ccc(S(=O)(=O)N2CCC(Nc3ccccc3C(=[NH2+])CC(=O)O)C2)c(C(F)(F)F)c1. The Morgan fingerprint density at radius 2 is 1.97 bits per heavy atom. The first-order valence-corrected chi connectivity index (χ1v) is 11.9. The molecule has 0 bridgehead atoms. The number of rotatable bonds is 9. The van der Waals surface area contributed by atoms with E-state index in [2.05, 4.69) is 5.32 Å². The van der Waals surface area contributed by atoms with Crippen LogP contribution in [0.5, 0.6) is 5.75 Å². The predicted molar refractivity (Wildman–Crippen MR) is 118 cm³/mol. The molecule has 1 fully saturated rings. The van der Waals surface area contributed by atoms with Crippen molar-refractivity contribution in [3.63, 3.8) is 0 Å². The summed E-state index contributed by atoms with van der Waals surface area (Å²) in [6.45, 7) is 1.69. The molecular weight excluding hydrogens is 475 g/mol. The second-order valence-corrected chi connectivity index (χ2v) is 9.63. The molecule has 1 saturated heterocycles. The second kappa shape index (κ2) is 10.0. The van der Waals surface area contributed by atoms with Crippen molar-refractivity contribution in [2.24, 2.45) is 0 Å². The molecule has 1 aliphatic rings. The lowest BCUT2D eigenvalue weighted by Gasteiger charge is -2.21. The van der Waals surface area contributed by atoms with Crippen LogP contribution in [-0.4, -0.2) is 55.2 Å². The van der Waals surface area contributed by atoms with Crippen LogP contribution in [0.1, 0.15) is 30.9 Å². The van der Waals surface area contributed by atoms with Crippen LogP contribution >= 0.6 is 0 Å². The van der Waals surface area contributed by atoms with Gasteiger partial charge in [-0.05, 0) is 43.7 Å². The van der Waals surface area contributed by atoms with Gasteiger partial charge < -0.3 is 15.2 Å². The Balaban J connectivity index is 1.83. The summed E-state index contributed by atoms with van der Waals surface area (Å²) in [6.07, 6.45) is -4.92. The van der Waals surface area contributed by atoms with E-state index in [0.717, 1.165) is 10.4 Å². The minimum absolute atomic E-state index is 0.0149. The van der Waals surface area contributed by atoms with Crippen molar-refractivity contribution in [3.05, 3.63) is 53.6 Å². The molecule has 2 aromatic rings. The van der Waals surface area contributed by atoms with Crippen molar-refractivity contribution in [2.45, 2.75) is 36.9 Å². The topological polar surface area (TPSA) is 122 Å². The molecule has 12 heteroatoms. The molecule has 1 heterocycles. The summed E-state index contributed by atoms with van der Waals surface area (Å²) in [6, 6.07) is 9.11. The summed E-state index contributed by atoms with van der Waals surface area (Å²) in [5.74, 6) is -1.16. The van der Waals surface area contributed by atoms with Crippen LogP contribution in [-0.2, 0) is 21.0 Å². The normalized spacial score (nSPS) is 16.9. The Bertz CT molecular complexity index is 1180. The Hall–Kier alpha value is -3.12. The van der Waals surface area contributed by atoms with Gasteiger partial charge in [0, 0.05) is 24.8 Å². The zero-order valence-corrected chi connectivity index (χ0v) is 19.1. The Morgan fingerprint density at radius 3 is 2.62 bits per heavy atom. The van der Waals surface area contributed by atoms with Crippen LogP contribution in [0, 0.1) is 0 Å². The largest absolute Gasteiger partial charge is 0.494 e. The number of benzene rings is 2. The molecule has 184 valence electrons. The van der Waals surface area contributed by atoms with Crippen molar-refractivity contribution in [2.75, 3.05) is 25.0 Å². The van der Waals surface area contributed by atoms with Gasteiger partial charge in [0.2, 0.25) is 10.0 Å². The highest BCUT2D eigenvalue weighted by molar-refractivity contribution is 7.89. The van der Waals surface area contributed by atoms with Crippen molar-refractivity contribution < 1.29 is 41.6 Å². The molecule has 1 aliphatic heterocycles. The van der Waals surface area contributed by atoms with Gasteiger partial charge in [-0.25, -0.2) is 8.42 Å². The number of anilines is 1. The molecule has 34 heavy (non-hydrogen) atoms. The number of nitrogens with zero attached hydrogens (tertiary/aromatic N) is 1. The van der Waals surface area contributed by atoms with E-state index in [-0.39, 0.29) is 37.6 Å². The van der Waals surface area contributed by atoms with Crippen LogP contribution < -0.4 is 15.5 Å². The third-order valence-electron chi connectivity index (χ3n) is 5.31. The minimum atomic E-state index is -4.89. The number of aliphatic carboxylic acids is 1. The van der Waals surface area contributed by atoms with Gasteiger partial charge in [-0.2, -0.15) is 17.5 Å². The lowest BCUT2D eigenvalue weighted by molar-refractivity contribution is -0.140. The number of hydrogen-bond donors (Lipinski definition) is 3. The second-order valence-electron chi connectivity index (χ2n) is 7.72. The highest BCUT2D eigenvalue weighted by Gasteiger charge is 2.41. The van der Waals surface area contributed by atoms with E-state index in [1.165, 1.54) is 6.07 Å². The minimum Gasteiger partial charge on any atom is -0.494 e. The Labute approximate surface area is 194 Å². The smallest absolute Gasteiger partial charge is 0.417 e. The number of ether oxygens (including phenoxy) is 1. The van der Waals surface area contributed by atoms with Crippen molar-refractivity contribution in [1.29, 1.82) is 0 Å². The molecule has 3 rings (SSSR count). The van der Waals surface area contributed by atoms with Crippen LogP contribution in [0.2, 0.25) is 0 Å². The van der Waals surface area contributed by atoms with E-state index >= 15 is 0 Å². The molecule has 0 spiro atoms. The highest BCUT2D eigenvalue weighted by Crippen LogP contribution is 2.38. The fourth-order valence-electron chi connectivity index (χ4n) is 3.78. The molecule has 0 amide bonds. The van der Waals surface area contributed by atoms with E-state index in [4.69, 9.17) is 15.3 Å².